The van der Waals surface area contributed by atoms with Gasteiger partial charge in [0.05, 0.1) is 0 Å². The normalized spacial score (nSPS) is 18.7. The second-order valence-electron chi connectivity index (χ2n) is 7.63. The lowest BCUT2D eigenvalue weighted by atomic mass is 9.91. The zero-order chi connectivity index (χ0) is 21.0. The largest absolute Gasteiger partial charge is 0.340 e. The van der Waals surface area contributed by atoms with E-state index in [9.17, 15) is 14.4 Å². The summed E-state index contributed by atoms with van der Waals surface area (Å²) in [6.07, 6.45) is 2.00. The summed E-state index contributed by atoms with van der Waals surface area (Å²) in [5.74, 6) is -0.702. The smallest absolute Gasteiger partial charge is 0.325 e. The maximum atomic E-state index is 13.0. The highest BCUT2D eigenvalue weighted by molar-refractivity contribution is 6.09. The SMILES string of the molecule is CCCc1ccc([C@]2(C)NC(=O)N(CC(=O)N(C)Cc3ccccc3)C2=O)cc1. The zero-order valence-corrected chi connectivity index (χ0v) is 17.1. The van der Waals surface area contributed by atoms with Gasteiger partial charge in [0.1, 0.15) is 12.1 Å². The molecule has 2 aromatic carbocycles. The minimum Gasteiger partial charge on any atom is -0.340 e. The first-order valence-corrected chi connectivity index (χ1v) is 9.86. The fourth-order valence-electron chi connectivity index (χ4n) is 3.53. The van der Waals surface area contributed by atoms with Crippen LogP contribution in [-0.4, -0.2) is 41.2 Å². The molecule has 1 heterocycles. The molecule has 0 bridgehead atoms. The number of amides is 4. The van der Waals surface area contributed by atoms with Crippen molar-refractivity contribution in [1.82, 2.24) is 15.1 Å². The van der Waals surface area contributed by atoms with Crippen LogP contribution in [0.3, 0.4) is 0 Å². The van der Waals surface area contributed by atoms with Gasteiger partial charge in [-0.2, -0.15) is 0 Å². The predicted molar refractivity (Wildman–Crippen MR) is 111 cm³/mol. The van der Waals surface area contributed by atoms with Gasteiger partial charge >= 0.3 is 6.03 Å². The van der Waals surface area contributed by atoms with Gasteiger partial charge in [-0.05, 0) is 30.0 Å². The van der Waals surface area contributed by atoms with Crippen molar-refractivity contribution < 1.29 is 14.4 Å². The molecule has 0 spiro atoms. The molecular formula is C23H27N3O3. The third kappa shape index (κ3) is 4.31. The second kappa shape index (κ2) is 8.47. The van der Waals surface area contributed by atoms with Crippen molar-refractivity contribution >= 4 is 17.8 Å². The highest BCUT2D eigenvalue weighted by Crippen LogP contribution is 2.29. The Morgan fingerprint density at radius 1 is 1.03 bits per heavy atom. The third-order valence-corrected chi connectivity index (χ3v) is 5.33. The van der Waals surface area contributed by atoms with E-state index in [0.717, 1.165) is 23.3 Å². The summed E-state index contributed by atoms with van der Waals surface area (Å²) >= 11 is 0. The molecule has 29 heavy (non-hydrogen) atoms. The number of likely N-dealkylation sites (N-methyl/N-ethyl adjacent to an activating group) is 1. The number of imide groups is 1. The van der Waals surface area contributed by atoms with Crippen LogP contribution in [0.4, 0.5) is 4.79 Å². The van der Waals surface area contributed by atoms with E-state index in [1.165, 1.54) is 10.5 Å². The molecule has 1 atom stereocenters. The van der Waals surface area contributed by atoms with Gasteiger partial charge in [-0.3, -0.25) is 14.5 Å². The van der Waals surface area contributed by atoms with E-state index in [2.05, 4.69) is 12.2 Å². The fraction of sp³-hybridized carbons (Fsp3) is 0.348. The number of hydrogen-bond donors (Lipinski definition) is 1. The van der Waals surface area contributed by atoms with E-state index >= 15 is 0 Å². The van der Waals surface area contributed by atoms with Crippen molar-refractivity contribution in [3.05, 3.63) is 71.3 Å². The van der Waals surface area contributed by atoms with Crippen LogP contribution >= 0.6 is 0 Å². The Morgan fingerprint density at radius 2 is 1.69 bits per heavy atom. The molecule has 2 aromatic rings. The zero-order valence-electron chi connectivity index (χ0n) is 17.1. The molecule has 1 aliphatic rings. The molecule has 0 aliphatic carbocycles. The predicted octanol–water partition coefficient (Wildman–Crippen LogP) is 3.06. The first-order valence-electron chi connectivity index (χ1n) is 9.86. The monoisotopic (exact) mass is 393 g/mol. The van der Waals surface area contributed by atoms with E-state index in [1.807, 2.05) is 54.6 Å². The first-order chi connectivity index (χ1) is 13.8. The first kappa shape index (κ1) is 20.6. The van der Waals surface area contributed by atoms with E-state index in [-0.39, 0.29) is 12.5 Å². The number of hydrogen-bond acceptors (Lipinski definition) is 3. The van der Waals surface area contributed by atoms with Gasteiger partial charge in [0.25, 0.3) is 5.91 Å². The van der Waals surface area contributed by atoms with Gasteiger partial charge in [0, 0.05) is 13.6 Å². The van der Waals surface area contributed by atoms with Crippen LogP contribution in [0, 0.1) is 0 Å². The summed E-state index contributed by atoms with van der Waals surface area (Å²) in [5.41, 5.74) is 1.71. The number of carbonyl (C=O) groups excluding carboxylic acids is 3. The van der Waals surface area contributed by atoms with Crippen molar-refractivity contribution in [2.45, 2.75) is 38.8 Å². The Bertz CT molecular complexity index is 895. The Kier molecular flexibility index (Phi) is 6.01. The lowest BCUT2D eigenvalue weighted by Crippen LogP contribution is -2.43. The molecule has 3 rings (SSSR count). The van der Waals surface area contributed by atoms with Crippen molar-refractivity contribution in [1.29, 1.82) is 0 Å². The molecule has 1 saturated heterocycles. The number of urea groups is 1. The summed E-state index contributed by atoms with van der Waals surface area (Å²) in [4.78, 5) is 40.7. The number of aryl methyl sites for hydroxylation is 1. The minimum absolute atomic E-state index is 0.280. The fourth-order valence-corrected chi connectivity index (χ4v) is 3.53. The van der Waals surface area contributed by atoms with E-state index in [4.69, 9.17) is 0 Å². The molecule has 1 aliphatic heterocycles. The standard InChI is InChI=1S/C23H27N3O3/c1-4-8-17-11-13-19(14-12-17)23(2)21(28)26(22(29)24-23)16-20(27)25(3)15-18-9-6-5-7-10-18/h5-7,9-14H,4,8,15-16H2,1-3H3,(H,24,29)/t23-/m0/s1. The number of nitrogens with one attached hydrogen (secondary N) is 1. The van der Waals surface area contributed by atoms with Crippen LogP contribution in [0.5, 0.6) is 0 Å². The Hall–Kier alpha value is -3.15. The van der Waals surface area contributed by atoms with Crippen LogP contribution in [0.2, 0.25) is 0 Å². The lowest BCUT2D eigenvalue weighted by molar-refractivity contribution is -0.138. The Balaban J connectivity index is 1.70. The molecule has 0 aromatic heterocycles. The van der Waals surface area contributed by atoms with Crippen LogP contribution in [0.15, 0.2) is 54.6 Å². The average molecular weight is 393 g/mol. The summed E-state index contributed by atoms with van der Waals surface area (Å²) in [6, 6.07) is 16.7. The molecule has 4 amide bonds. The second-order valence-corrected chi connectivity index (χ2v) is 7.63. The number of benzene rings is 2. The van der Waals surface area contributed by atoms with Gasteiger partial charge in [0.15, 0.2) is 0 Å². The molecule has 0 saturated carbocycles. The van der Waals surface area contributed by atoms with Crippen LogP contribution in [-0.2, 0) is 28.1 Å². The quantitative estimate of drug-likeness (QED) is 0.735. The van der Waals surface area contributed by atoms with Crippen molar-refractivity contribution in [3.8, 4) is 0 Å². The molecule has 6 nitrogen and oxygen atoms in total. The summed E-state index contributed by atoms with van der Waals surface area (Å²) in [6.45, 7) is 3.93. The van der Waals surface area contributed by atoms with Gasteiger partial charge < -0.3 is 10.2 Å². The van der Waals surface area contributed by atoms with Gasteiger partial charge in [-0.1, -0.05) is 67.9 Å². The molecule has 0 radical (unpaired) electrons. The lowest BCUT2D eigenvalue weighted by Gasteiger charge is -2.23. The average Bonchev–Trinajstić information content (AvgIpc) is 2.93. The van der Waals surface area contributed by atoms with E-state index in [1.54, 1.807) is 14.0 Å². The van der Waals surface area contributed by atoms with Crippen LogP contribution in [0.25, 0.3) is 0 Å². The topological polar surface area (TPSA) is 69.7 Å². The van der Waals surface area contributed by atoms with Crippen LogP contribution in [0.1, 0.15) is 37.0 Å². The van der Waals surface area contributed by atoms with Crippen molar-refractivity contribution in [3.63, 3.8) is 0 Å². The summed E-state index contributed by atoms with van der Waals surface area (Å²) < 4.78 is 0. The van der Waals surface area contributed by atoms with Crippen LogP contribution < -0.4 is 5.32 Å². The minimum atomic E-state index is -1.17. The highest BCUT2D eigenvalue weighted by atomic mass is 16.2. The van der Waals surface area contributed by atoms with Crippen molar-refractivity contribution in [2.75, 3.05) is 13.6 Å². The van der Waals surface area contributed by atoms with Gasteiger partial charge in [0.2, 0.25) is 5.91 Å². The molecule has 1 N–H and O–H groups in total. The number of carbonyl (C=O) groups is 3. The molecule has 1 fully saturated rings. The van der Waals surface area contributed by atoms with E-state index < -0.39 is 17.5 Å². The van der Waals surface area contributed by atoms with Gasteiger partial charge in [-0.25, -0.2) is 4.79 Å². The maximum Gasteiger partial charge on any atom is 0.325 e. The maximum absolute atomic E-state index is 13.0. The van der Waals surface area contributed by atoms with Crippen molar-refractivity contribution in [2.24, 2.45) is 0 Å². The third-order valence-electron chi connectivity index (χ3n) is 5.33. The number of rotatable bonds is 7. The molecule has 152 valence electrons. The summed E-state index contributed by atoms with van der Waals surface area (Å²) in [5, 5.41) is 2.76. The highest BCUT2D eigenvalue weighted by Gasteiger charge is 2.49. The Labute approximate surface area is 171 Å². The van der Waals surface area contributed by atoms with E-state index in [0.29, 0.717) is 12.1 Å². The number of nitrogens with zero attached hydrogens (tertiary/aromatic N) is 2. The molecule has 0 unspecified atom stereocenters. The molecule has 6 heteroatoms. The summed E-state index contributed by atoms with van der Waals surface area (Å²) in [7, 11) is 1.67. The Morgan fingerprint density at radius 3 is 2.31 bits per heavy atom. The molecular weight excluding hydrogens is 366 g/mol. The van der Waals surface area contributed by atoms with Gasteiger partial charge in [-0.15, -0.1) is 0 Å².